The Morgan fingerprint density at radius 1 is 1.09 bits per heavy atom. The molecule has 1 aliphatic rings. The highest BCUT2D eigenvalue weighted by molar-refractivity contribution is 5.94. The number of hydrogen-bond donors (Lipinski definition) is 0. The van der Waals surface area contributed by atoms with Crippen molar-refractivity contribution in [1.29, 1.82) is 0 Å². The highest BCUT2D eigenvalue weighted by Gasteiger charge is 2.30. The van der Waals surface area contributed by atoms with Crippen molar-refractivity contribution in [1.82, 2.24) is 4.90 Å². The monoisotopic (exact) mass is 303 g/mol. The number of hydrogen-bond acceptors (Lipinski definition) is 2. The second kappa shape index (κ2) is 6.23. The Morgan fingerprint density at radius 3 is 2.55 bits per heavy atom. The minimum atomic E-state index is -0.545. The van der Waals surface area contributed by atoms with Gasteiger partial charge in [0.25, 0.3) is 5.91 Å². The molecule has 1 aliphatic heterocycles. The van der Waals surface area contributed by atoms with Crippen LogP contribution >= 0.6 is 0 Å². The molecule has 2 aromatic rings. The SMILES string of the molecule is O=C(c1ccccc1F)N1CCOCC1c1ccc(F)cc1. The molecule has 0 radical (unpaired) electrons. The minimum absolute atomic E-state index is 0.0384. The zero-order valence-corrected chi connectivity index (χ0v) is 11.8. The molecule has 2 aromatic carbocycles. The smallest absolute Gasteiger partial charge is 0.257 e. The molecule has 1 heterocycles. The van der Waals surface area contributed by atoms with Gasteiger partial charge < -0.3 is 9.64 Å². The molecule has 0 aromatic heterocycles. The number of halogens is 2. The maximum absolute atomic E-state index is 13.8. The standard InChI is InChI=1S/C17H15F2NO2/c18-13-7-5-12(6-8-13)16-11-22-10-9-20(16)17(21)14-3-1-2-4-15(14)19/h1-8,16H,9-11H2. The van der Waals surface area contributed by atoms with E-state index in [9.17, 15) is 13.6 Å². The molecule has 0 saturated carbocycles. The first-order valence-electron chi connectivity index (χ1n) is 7.05. The summed E-state index contributed by atoms with van der Waals surface area (Å²) in [5.74, 6) is -1.26. The summed E-state index contributed by atoms with van der Waals surface area (Å²) in [5, 5.41) is 0. The van der Waals surface area contributed by atoms with Crippen molar-refractivity contribution >= 4 is 5.91 Å². The fourth-order valence-electron chi connectivity index (χ4n) is 2.60. The minimum Gasteiger partial charge on any atom is -0.377 e. The van der Waals surface area contributed by atoms with Gasteiger partial charge in [0.05, 0.1) is 24.8 Å². The van der Waals surface area contributed by atoms with Gasteiger partial charge in [-0.3, -0.25) is 4.79 Å². The topological polar surface area (TPSA) is 29.5 Å². The molecular weight excluding hydrogens is 288 g/mol. The highest BCUT2D eigenvalue weighted by Crippen LogP contribution is 2.26. The lowest BCUT2D eigenvalue weighted by atomic mass is 10.0. The van der Waals surface area contributed by atoms with Crippen LogP contribution in [-0.2, 0) is 4.74 Å². The van der Waals surface area contributed by atoms with Crippen molar-refractivity contribution in [2.75, 3.05) is 19.8 Å². The molecule has 114 valence electrons. The molecule has 0 spiro atoms. The Hall–Kier alpha value is -2.27. The van der Waals surface area contributed by atoms with Crippen LogP contribution in [-0.4, -0.2) is 30.6 Å². The summed E-state index contributed by atoms with van der Waals surface area (Å²) in [7, 11) is 0. The van der Waals surface area contributed by atoms with Gasteiger partial charge in [0.15, 0.2) is 0 Å². The zero-order valence-electron chi connectivity index (χ0n) is 11.8. The number of nitrogens with zero attached hydrogens (tertiary/aromatic N) is 1. The molecule has 1 amide bonds. The average molecular weight is 303 g/mol. The van der Waals surface area contributed by atoms with Gasteiger partial charge in [0.2, 0.25) is 0 Å². The second-order valence-corrected chi connectivity index (χ2v) is 5.12. The molecule has 1 atom stereocenters. The van der Waals surface area contributed by atoms with E-state index in [4.69, 9.17) is 4.74 Å². The Bertz CT molecular complexity index is 673. The van der Waals surface area contributed by atoms with Crippen LogP contribution in [0.5, 0.6) is 0 Å². The lowest BCUT2D eigenvalue weighted by Gasteiger charge is -2.36. The maximum Gasteiger partial charge on any atom is 0.257 e. The molecule has 3 rings (SSSR count). The fourth-order valence-corrected chi connectivity index (χ4v) is 2.60. The summed E-state index contributed by atoms with van der Waals surface area (Å²) in [5.41, 5.74) is 0.808. The van der Waals surface area contributed by atoms with Gasteiger partial charge in [-0.25, -0.2) is 8.78 Å². The third kappa shape index (κ3) is 2.85. The predicted molar refractivity (Wildman–Crippen MR) is 77.4 cm³/mol. The van der Waals surface area contributed by atoms with Gasteiger partial charge in [-0.05, 0) is 29.8 Å². The normalized spacial score (nSPS) is 18.3. The second-order valence-electron chi connectivity index (χ2n) is 5.12. The number of morpholine rings is 1. The van der Waals surface area contributed by atoms with E-state index < -0.39 is 5.82 Å². The third-order valence-electron chi connectivity index (χ3n) is 3.75. The third-order valence-corrected chi connectivity index (χ3v) is 3.75. The molecule has 1 saturated heterocycles. The van der Waals surface area contributed by atoms with Crippen molar-refractivity contribution in [3.63, 3.8) is 0 Å². The number of rotatable bonds is 2. The first-order chi connectivity index (χ1) is 10.7. The molecule has 3 nitrogen and oxygen atoms in total. The summed E-state index contributed by atoms with van der Waals surface area (Å²) in [6.45, 7) is 1.08. The Morgan fingerprint density at radius 2 is 1.82 bits per heavy atom. The first kappa shape index (κ1) is 14.7. The number of ether oxygens (including phenoxy) is 1. The van der Waals surface area contributed by atoms with Crippen LogP contribution in [0.15, 0.2) is 48.5 Å². The molecular formula is C17H15F2NO2. The van der Waals surface area contributed by atoms with Crippen LogP contribution in [0.25, 0.3) is 0 Å². The number of benzene rings is 2. The first-order valence-corrected chi connectivity index (χ1v) is 7.05. The molecule has 1 fully saturated rings. The van der Waals surface area contributed by atoms with Crippen LogP contribution in [0.1, 0.15) is 22.0 Å². The van der Waals surface area contributed by atoms with Gasteiger partial charge in [-0.15, -0.1) is 0 Å². The van der Waals surface area contributed by atoms with Crippen LogP contribution in [0.3, 0.4) is 0 Å². The van der Waals surface area contributed by atoms with Crippen molar-refractivity contribution in [3.8, 4) is 0 Å². The summed E-state index contributed by atoms with van der Waals surface area (Å²) < 4.78 is 32.3. The van der Waals surface area contributed by atoms with E-state index in [2.05, 4.69) is 0 Å². The van der Waals surface area contributed by atoms with Crippen LogP contribution in [0.2, 0.25) is 0 Å². The van der Waals surface area contributed by atoms with E-state index in [1.54, 1.807) is 29.2 Å². The Kier molecular flexibility index (Phi) is 4.15. The molecule has 0 aliphatic carbocycles. The van der Waals surface area contributed by atoms with Crippen molar-refractivity contribution < 1.29 is 18.3 Å². The van der Waals surface area contributed by atoms with Crippen molar-refractivity contribution in [2.24, 2.45) is 0 Å². The quantitative estimate of drug-likeness (QED) is 0.853. The average Bonchev–Trinajstić information content (AvgIpc) is 2.55. The molecule has 0 bridgehead atoms. The predicted octanol–water partition coefficient (Wildman–Crippen LogP) is 3.18. The number of amides is 1. The molecule has 22 heavy (non-hydrogen) atoms. The lowest BCUT2D eigenvalue weighted by molar-refractivity contribution is -0.00294. The largest absolute Gasteiger partial charge is 0.377 e. The molecule has 1 unspecified atom stereocenters. The van der Waals surface area contributed by atoms with E-state index in [0.29, 0.717) is 19.8 Å². The molecule has 0 N–H and O–H groups in total. The van der Waals surface area contributed by atoms with E-state index >= 15 is 0 Å². The summed E-state index contributed by atoms with van der Waals surface area (Å²) in [6.07, 6.45) is 0. The summed E-state index contributed by atoms with van der Waals surface area (Å²) in [4.78, 5) is 14.2. The van der Waals surface area contributed by atoms with Gasteiger partial charge in [0, 0.05) is 6.54 Å². The Balaban J connectivity index is 1.91. The highest BCUT2D eigenvalue weighted by atomic mass is 19.1. The van der Waals surface area contributed by atoms with Gasteiger partial charge >= 0.3 is 0 Å². The maximum atomic E-state index is 13.8. The summed E-state index contributed by atoms with van der Waals surface area (Å²) >= 11 is 0. The lowest BCUT2D eigenvalue weighted by Crippen LogP contribution is -2.43. The van der Waals surface area contributed by atoms with Gasteiger partial charge in [-0.2, -0.15) is 0 Å². The zero-order chi connectivity index (χ0) is 15.5. The van der Waals surface area contributed by atoms with E-state index in [-0.39, 0.29) is 23.3 Å². The van der Waals surface area contributed by atoms with E-state index in [1.165, 1.54) is 24.3 Å². The van der Waals surface area contributed by atoms with Crippen LogP contribution in [0, 0.1) is 11.6 Å². The fraction of sp³-hybridized carbons (Fsp3) is 0.235. The van der Waals surface area contributed by atoms with Crippen LogP contribution in [0.4, 0.5) is 8.78 Å². The van der Waals surface area contributed by atoms with E-state index in [0.717, 1.165) is 5.56 Å². The number of carbonyl (C=O) groups excluding carboxylic acids is 1. The van der Waals surface area contributed by atoms with Crippen molar-refractivity contribution in [2.45, 2.75) is 6.04 Å². The summed E-state index contributed by atoms with van der Waals surface area (Å²) in [6, 6.07) is 11.5. The Labute approximate surface area is 127 Å². The van der Waals surface area contributed by atoms with Crippen molar-refractivity contribution in [3.05, 3.63) is 71.3 Å². The van der Waals surface area contributed by atoms with Gasteiger partial charge in [-0.1, -0.05) is 24.3 Å². The van der Waals surface area contributed by atoms with E-state index in [1.807, 2.05) is 0 Å². The van der Waals surface area contributed by atoms with Gasteiger partial charge in [0.1, 0.15) is 11.6 Å². The molecule has 5 heteroatoms. The number of carbonyl (C=O) groups is 1. The van der Waals surface area contributed by atoms with Crippen LogP contribution < -0.4 is 0 Å².